The van der Waals surface area contributed by atoms with E-state index in [1.54, 1.807) is 22.9 Å². The van der Waals surface area contributed by atoms with Crippen LogP contribution in [0, 0.1) is 13.8 Å². The number of carboxylic acid groups (broad SMARTS) is 1. The van der Waals surface area contributed by atoms with E-state index < -0.39 is 6.09 Å². The molecule has 0 radical (unpaired) electrons. The molecule has 2 aromatic heterocycles. The molecule has 4 rings (SSSR count). The lowest BCUT2D eigenvalue weighted by Crippen LogP contribution is -2.28. The summed E-state index contributed by atoms with van der Waals surface area (Å²) in [6.07, 6.45) is 2.34. The number of amides is 1. The number of nitrogens with two attached hydrogens (primary N) is 1. The summed E-state index contributed by atoms with van der Waals surface area (Å²) in [7, 11) is 0. The molecule has 206 valence electrons. The first-order valence-corrected chi connectivity index (χ1v) is 13.2. The summed E-state index contributed by atoms with van der Waals surface area (Å²) in [5.41, 5.74) is 11.1. The summed E-state index contributed by atoms with van der Waals surface area (Å²) in [5.74, 6) is 1.39. The Balaban J connectivity index is 1.71. The van der Waals surface area contributed by atoms with Crippen LogP contribution in [0.3, 0.4) is 0 Å². The molecule has 0 saturated heterocycles. The standard InChI is InChI=1S/C31H33N5O4/c1-5-9-27-34-25(6-2)28(40-26-17-33-20(4)16-19(26)3)30(37)36(27)18-21-12-14-22(15-13-21)23-10-7-8-11-24(23)29(32)35-31(38)39/h7-8,10-17H,5-6,9,18H2,1-4H3,(H2,32,35)(H,38,39). The third-order valence-corrected chi connectivity index (χ3v) is 6.52. The lowest BCUT2D eigenvalue weighted by Gasteiger charge is -2.18. The first kappa shape index (κ1) is 28.2. The maximum atomic E-state index is 13.8. The van der Waals surface area contributed by atoms with Crippen molar-refractivity contribution in [3.63, 3.8) is 0 Å². The van der Waals surface area contributed by atoms with E-state index in [0.29, 0.717) is 42.2 Å². The van der Waals surface area contributed by atoms with Gasteiger partial charge in [0.1, 0.15) is 17.4 Å². The molecule has 0 saturated carbocycles. The van der Waals surface area contributed by atoms with E-state index in [9.17, 15) is 9.59 Å². The Hall–Kier alpha value is -4.79. The van der Waals surface area contributed by atoms with E-state index in [-0.39, 0.29) is 17.1 Å². The van der Waals surface area contributed by atoms with E-state index in [1.807, 2.05) is 63.2 Å². The van der Waals surface area contributed by atoms with Crippen molar-refractivity contribution in [2.24, 2.45) is 10.7 Å². The largest absolute Gasteiger partial charge is 0.463 e. The van der Waals surface area contributed by atoms with Crippen LogP contribution in [0.4, 0.5) is 4.79 Å². The topological polar surface area (TPSA) is 133 Å². The highest BCUT2D eigenvalue weighted by Crippen LogP contribution is 2.27. The number of ether oxygens (including phenoxy) is 1. The maximum absolute atomic E-state index is 13.8. The molecular formula is C31H33N5O4. The first-order chi connectivity index (χ1) is 19.2. The van der Waals surface area contributed by atoms with E-state index in [2.05, 4.69) is 16.9 Å². The van der Waals surface area contributed by atoms with Gasteiger partial charge in [0.15, 0.2) is 0 Å². The van der Waals surface area contributed by atoms with Gasteiger partial charge in [0.05, 0.1) is 18.4 Å². The zero-order valence-corrected chi connectivity index (χ0v) is 23.1. The number of aryl methyl sites for hydroxylation is 4. The third-order valence-electron chi connectivity index (χ3n) is 6.52. The van der Waals surface area contributed by atoms with Crippen molar-refractivity contribution in [3.05, 3.63) is 105 Å². The summed E-state index contributed by atoms with van der Waals surface area (Å²) >= 11 is 0. The van der Waals surface area contributed by atoms with Gasteiger partial charge in [-0.15, -0.1) is 0 Å². The molecule has 2 aromatic carbocycles. The Bertz CT molecular complexity index is 1620. The predicted molar refractivity (Wildman–Crippen MR) is 155 cm³/mol. The van der Waals surface area contributed by atoms with Crippen LogP contribution in [0.25, 0.3) is 11.1 Å². The van der Waals surface area contributed by atoms with Crippen LogP contribution in [-0.4, -0.2) is 31.6 Å². The van der Waals surface area contributed by atoms with Crippen molar-refractivity contribution in [3.8, 4) is 22.6 Å². The molecule has 9 nitrogen and oxygen atoms in total. The van der Waals surface area contributed by atoms with Gasteiger partial charge in [-0.05, 0) is 55.0 Å². The molecular weight excluding hydrogens is 506 g/mol. The van der Waals surface area contributed by atoms with Gasteiger partial charge in [0, 0.05) is 17.7 Å². The molecule has 0 spiro atoms. The van der Waals surface area contributed by atoms with Crippen LogP contribution in [0.15, 0.2) is 70.6 Å². The van der Waals surface area contributed by atoms with E-state index in [4.69, 9.17) is 20.6 Å². The molecule has 0 aliphatic carbocycles. The van der Waals surface area contributed by atoms with Crippen molar-refractivity contribution >= 4 is 11.9 Å². The Morgan fingerprint density at radius 1 is 1.10 bits per heavy atom. The van der Waals surface area contributed by atoms with E-state index in [1.165, 1.54) is 0 Å². The Morgan fingerprint density at radius 3 is 2.48 bits per heavy atom. The number of rotatable bonds is 9. The molecule has 4 aromatic rings. The van der Waals surface area contributed by atoms with Crippen LogP contribution in [0.2, 0.25) is 0 Å². The predicted octanol–water partition coefficient (Wildman–Crippen LogP) is 5.66. The lowest BCUT2D eigenvalue weighted by molar-refractivity contribution is 0.205. The Morgan fingerprint density at radius 2 is 1.82 bits per heavy atom. The van der Waals surface area contributed by atoms with Gasteiger partial charge in [-0.3, -0.25) is 14.3 Å². The minimum Gasteiger partial charge on any atom is -0.463 e. The minimum absolute atomic E-state index is 0.0726. The second kappa shape index (κ2) is 12.4. The highest BCUT2D eigenvalue weighted by molar-refractivity contribution is 6.07. The maximum Gasteiger partial charge on any atom is 0.433 e. The monoisotopic (exact) mass is 539 g/mol. The van der Waals surface area contributed by atoms with Crippen molar-refractivity contribution in [2.75, 3.05) is 0 Å². The van der Waals surface area contributed by atoms with Crippen LogP contribution in [0.5, 0.6) is 11.5 Å². The lowest BCUT2D eigenvalue weighted by atomic mass is 9.98. The van der Waals surface area contributed by atoms with Crippen LogP contribution >= 0.6 is 0 Å². The Kier molecular flexibility index (Phi) is 8.73. The number of pyridine rings is 1. The summed E-state index contributed by atoms with van der Waals surface area (Å²) in [6.45, 7) is 8.16. The molecule has 0 aliphatic heterocycles. The number of hydrogen-bond acceptors (Lipinski definition) is 5. The SMILES string of the molecule is CCCc1nc(CC)c(Oc2cnc(C)cc2C)c(=O)n1Cc1ccc(-c2ccccc2/C(N)=N/C(=O)O)cc1. The van der Waals surface area contributed by atoms with Crippen molar-refractivity contribution in [2.45, 2.75) is 53.5 Å². The van der Waals surface area contributed by atoms with Crippen LogP contribution in [0.1, 0.15) is 54.2 Å². The molecule has 0 fully saturated rings. The number of hydrogen-bond donors (Lipinski definition) is 2. The quantitative estimate of drug-likeness (QED) is 0.207. The van der Waals surface area contributed by atoms with Gasteiger partial charge in [0.2, 0.25) is 5.75 Å². The number of aliphatic imine (C=N–C) groups is 1. The van der Waals surface area contributed by atoms with Crippen molar-refractivity contribution in [1.29, 1.82) is 0 Å². The molecule has 0 unspecified atom stereocenters. The molecule has 40 heavy (non-hydrogen) atoms. The molecule has 1 amide bonds. The molecule has 3 N–H and O–H groups in total. The minimum atomic E-state index is -1.35. The van der Waals surface area contributed by atoms with Gasteiger partial charge < -0.3 is 15.6 Å². The zero-order valence-electron chi connectivity index (χ0n) is 23.1. The van der Waals surface area contributed by atoms with Gasteiger partial charge in [0.25, 0.3) is 5.56 Å². The Labute approximate surface area is 233 Å². The summed E-state index contributed by atoms with van der Waals surface area (Å²) in [5, 5.41) is 9.01. The fourth-order valence-corrected chi connectivity index (χ4v) is 4.54. The molecule has 2 heterocycles. The highest BCUT2D eigenvalue weighted by atomic mass is 16.5. The van der Waals surface area contributed by atoms with Gasteiger partial charge in [-0.1, -0.05) is 62.4 Å². The normalized spacial score (nSPS) is 11.4. The molecule has 0 bridgehead atoms. The number of carbonyl (C=O) groups is 1. The average Bonchev–Trinajstić information content (AvgIpc) is 2.93. The van der Waals surface area contributed by atoms with E-state index in [0.717, 1.165) is 34.4 Å². The number of amidine groups is 1. The third kappa shape index (κ3) is 6.26. The molecule has 0 aliphatic rings. The van der Waals surface area contributed by atoms with E-state index >= 15 is 0 Å². The number of aromatic nitrogens is 3. The summed E-state index contributed by atoms with van der Waals surface area (Å²) in [4.78, 5) is 37.5. The summed E-state index contributed by atoms with van der Waals surface area (Å²) in [6, 6.07) is 16.8. The van der Waals surface area contributed by atoms with Gasteiger partial charge >= 0.3 is 6.09 Å². The smallest absolute Gasteiger partial charge is 0.433 e. The number of benzene rings is 2. The second-order valence-corrected chi connectivity index (χ2v) is 9.51. The second-order valence-electron chi connectivity index (χ2n) is 9.51. The van der Waals surface area contributed by atoms with Crippen LogP contribution < -0.4 is 16.0 Å². The average molecular weight is 540 g/mol. The van der Waals surface area contributed by atoms with Crippen LogP contribution in [-0.2, 0) is 19.4 Å². The summed E-state index contributed by atoms with van der Waals surface area (Å²) < 4.78 is 7.82. The fraction of sp³-hybridized carbons (Fsp3) is 0.258. The van der Waals surface area contributed by atoms with Crippen molar-refractivity contribution in [1.82, 2.24) is 14.5 Å². The van der Waals surface area contributed by atoms with Crippen molar-refractivity contribution < 1.29 is 14.6 Å². The number of nitrogens with zero attached hydrogens (tertiary/aromatic N) is 4. The molecule has 9 heteroatoms. The van der Waals surface area contributed by atoms with Gasteiger partial charge in [-0.2, -0.15) is 4.99 Å². The fourth-order valence-electron chi connectivity index (χ4n) is 4.54. The highest BCUT2D eigenvalue weighted by Gasteiger charge is 2.19. The first-order valence-electron chi connectivity index (χ1n) is 13.2. The zero-order chi connectivity index (χ0) is 28.8. The van der Waals surface area contributed by atoms with Gasteiger partial charge in [-0.25, -0.2) is 9.78 Å². The molecule has 0 atom stereocenters.